The van der Waals surface area contributed by atoms with Crippen LogP contribution < -0.4 is 4.74 Å². The third-order valence-corrected chi connectivity index (χ3v) is 2.32. The number of carboxylic acid groups (broad SMARTS) is 1. The van der Waals surface area contributed by atoms with Crippen molar-refractivity contribution in [3.05, 3.63) is 35.4 Å². The first-order valence-electron chi connectivity index (χ1n) is 5.77. The van der Waals surface area contributed by atoms with Crippen LogP contribution in [0.25, 0.3) is 6.08 Å². The molecule has 0 bridgehead atoms. The van der Waals surface area contributed by atoms with E-state index in [-0.39, 0.29) is 0 Å². The van der Waals surface area contributed by atoms with Crippen LogP contribution >= 0.6 is 0 Å². The molecule has 0 saturated carbocycles. The summed E-state index contributed by atoms with van der Waals surface area (Å²) in [7, 11) is 1.65. The van der Waals surface area contributed by atoms with Crippen molar-refractivity contribution < 1.29 is 19.4 Å². The zero-order valence-electron chi connectivity index (χ0n) is 10.7. The molecule has 0 aromatic heterocycles. The number of carboxylic acids is 1. The second-order valence-corrected chi connectivity index (χ2v) is 3.91. The maximum absolute atomic E-state index is 10.5. The van der Waals surface area contributed by atoms with E-state index in [1.54, 1.807) is 13.2 Å². The van der Waals surface area contributed by atoms with E-state index in [4.69, 9.17) is 14.6 Å². The Balaban J connectivity index is 2.73. The molecule has 0 aliphatic carbocycles. The Morgan fingerprint density at radius 1 is 1.39 bits per heavy atom. The molecule has 4 heteroatoms. The van der Waals surface area contributed by atoms with Gasteiger partial charge in [-0.1, -0.05) is 11.6 Å². The molecule has 1 aromatic rings. The van der Waals surface area contributed by atoms with Gasteiger partial charge >= 0.3 is 5.97 Å². The maximum atomic E-state index is 10.5. The molecule has 0 spiro atoms. The van der Waals surface area contributed by atoms with Gasteiger partial charge in [0.1, 0.15) is 5.75 Å². The summed E-state index contributed by atoms with van der Waals surface area (Å²) in [6.45, 7) is 3.14. The molecular formula is C14H18O4. The van der Waals surface area contributed by atoms with Crippen LogP contribution in [0.15, 0.2) is 24.3 Å². The van der Waals surface area contributed by atoms with Crippen LogP contribution in [0.5, 0.6) is 5.75 Å². The number of aryl methyl sites for hydroxylation is 1. The molecule has 0 heterocycles. The van der Waals surface area contributed by atoms with Gasteiger partial charge < -0.3 is 14.6 Å². The van der Waals surface area contributed by atoms with Crippen molar-refractivity contribution in [3.63, 3.8) is 0 Å². The molecule has 0 aliphatic heterocycles. The van der Waals surface area contributed by atoms with Crippen LogP contribution in [0, 0.1) is 6.92 Å². The highest BCUT2D eigenvalue weighted by Crippen LogP contribution is 2.21. The highest BCUT2D eigenvalue weighted by Gasteiger charge is 2.02. The third kappa shape index (κ3) is 5.01. The molecule has 18 heavy (non-hydrogen) atoms. The summed E-state index contributed by atoms with van der Waals surface area (Å²) in [4.78, 5) is 10.5. The molecular weight excluding hydrogens is 232 g/mol. The lowest BCUT2D eigenvalue weighted by Crippen LogP contribution is -2.02. The number of hydrogen-bond donors (Lipinski definition) is 1. The number of carbonyl (C=O) groups is 1. The second-order valence-electron chi connectivity index (χ2n) is 3.91. The Hall–Kier alpha value is -1.81. The largest absolute Gasteiger partial charge is 0.493 e. The predicted molar refractivity (Wildman–Crippen MR) is 69.8 cm³/mol. The summed E-state index contributed by atoms with van der Waals surface area (Å²) in [5.41, 5.74) is 1.83. The molecule has 0 atom stereocenters. The van der Waals surface area contributed by atoms with Crippen molar-refractivity contribution in [2.24, 2.45) is 0 Å². The van der Waals surface area contributed by atoms with Crippen LogP contribution in [-0.4, -0.2) is 31.4 Å². The average molecular weight is 250 g/mol. The van der Waals surface area contributed by atoms with Gasteiger partial charge in [-0.15, -0.1) is 0 Å². The van der Waals surface area contributed by atoms with Gasteiger partial charge in [0.2, 0.25) is 0 Å². The molecule has 0 fully saturated rings. The van der Waals surface area contributed by atoms with E-state index in [0.717, 1.165) is 23.6 Å². The van der Waals surface area contributed by atoms with Crippen molar-refractivity contribution in [2.75, 3.05) is 20.3 Å². The lowest BCUT2D eigenvalue weighted by Gasteiger charge is -2.09. The van der Waals surface area contributed by atoms with Gasteiger partial charge in [-0.05, 0) is 25.1 Å². The number of hydrogen-bond acceptors (Lipinski definition) is 3. The van der Waals surface area contributed by atoms with E-state index in [2.05, 4.69) is 0 Å². The van der Waals surface area contributed by atoms with Crippen molar-refractivity contribution in [1.29, 1.82) is 0 Å². The maximum Gasteiger partial charge on any atom is 0.328 e. The van der Waals surface area contributed by atoms with Crippen LogP contribution in [-0.2, 0) is 9.53 Å². The van der Waals surface area contributed by atoms with E-state index < -0.39 is 5.97 Å². The quantitative estimate of drug-likeness (QED) is 0.596. The van der Waals surface area contributed by atoms with Gasteiger partial charge in [0.15, 0.2) is 0 Å². The fourth-order valence-corrected chi connectivity index (χ4v) is 1.48. The van der Waals surface area contributed by atoms with Gasteiger partial charge in [0, 0.05) is 31.8 Å². The monoisotopic (exact) mass is 250 g/mol. The first kappa shape index (κ1) is 14.3. The highest BCUT2D eigenvalue weighted by molar-refractivity contribution is 5.85. The zero-order chi connectivity index (χ0) is 13.4. The average Bonchev–Trinajstić information content (AvgIpc) is 2.34. The van der Waals surface area contributed by atoms with E-state index >= 15 is 0 Å². The highest BCUT2D eigenvalue weighted by atomic mass is 16.5. The van der Waals surface area contributed by atoms with Crippen LogP contribution in [0.2, 0.25) is 0 Å². The number of methoxy groups -OCH3 is 1. The minimum absolute atomic E-state index is 0.546. The Morgan fingerprint density at radius 2 is 2.17 bits per heavy atom. The fourth-order valence-electron chi connectivity index (χ4n) is 1.48. The van der Waals surface area contributed by atoms with Gasteiger partial charge in [-0.3, -0.25) is 0 Å². The van der Waals surface area contributed by atoms with Crippen molar-refractivity contribution in [1.82, 2.24) is 0 Å². The number of rotatable bonds is 7. The first-order chi connectivity index (χ1) is 8.63. The van der Waals surface area contributed by atoms with Gasteiger partial charge in [-0.2, -0.15) is 0 Å². The SMILES string of the molecule is COCCCOc1ccc(C)cc1C=CC(=O)O. The van der Waals surface area contributed by atoms with Gasteiger partial charge in [0.05, 0.1) is 6.61 Å². The normalized spacial score (nSPS) is 10.8. The van der Waals surface area contributed by atoms with Crippen LogP contribution in [0.1, 0.15) is 17.5 Å². The molecule has 0 saturated heterocycles. The van der Waals surface area contributed by atoms with Crippen molar-refractivity contribution in [3.8, 4) is 5.75 Å². The summed E-state index contributed by atoms with van der Waals surface area (Å²) >= 11 is 0. The number of aliphatic carboxylic acids is 1. The van der Waals surface area contributed by atoms with Gasteiger partial charge in [-0.25, -0.2) is 4.79 Å². The Kier molecular flexibility index (Phi) is 5.94. The van der Waals surface area contributed by atoms with E-state index in [1.165, 1.54) is 0 Å². The smallest absolute Gasteiger partial charge is 0.328 e. The molecule has 0 unspecified atom stereocenters. The summed E-state index contributed by atoms with van der Waals surface area (Å²) in [6, 6.07) is 5.68. The molecule has 0 amide bonds. The molecule has 4 nitrogen and oxygen atoms in total. The molecule has 1 aromatic carbocycles. The zero-order valence-corrected chi connectivity index (χ0v) is 10.7. The van der Waals surface area contributed by atoms with Crippen LogP contribution in [0.3, 0.4) is 0 Å². The summed E-state index contributed by atoms with van der Waals surface area (Å²) < 4.78 is 10.5. The van der Waals surface area contributed by atoms with Crippen molar-refractivity contribution in [2.45, 2.75) is 13.3 Å². The first-order valence-corrected chi connectivity index (χ1v) is 5.77. The number of benzene rings is 1. The fraction of sp³-hybridized carbons (Fsp3) is 0.357. The van der Waals surface area contributed by atoms with Gasteiger partial charge in [0.25, 0.3) is 0 Å². The topological polar surface area (TPSA) is 55.8 Å². The lowest BCUT2D eigenvalue weighted by atomic mass is 10.1. The standard InChI is InChI=1S/C14H18O4/c1-11-4-6-13(18-9-3-8-17-2)12(10-11)5-7-14(15)16/h4-7,10H,3,8-9H2,1-2H3,(H,15,16). The lowest BCUT2D eigenvalue weighted by molar-refractivity contribution is -0.131. The molecule has 0 radical (unpaired) electrons. The third-order valence-electron chi connectivity index (χ3n) is 2.32. The summed E-state index contributed by atoms with van der Waals surface area (Å²) in [6.07, 6.45) is 3.45. The minimum Gasteiger partial charge on any atom is -0.493 e. The number of ether oxygens (including phenoxy) is 2. The van der Waals surface area contributed by atoms with Crippen molar-refractivity contribution >= 4 is 12.0 Å². The van der Waals surface area contributed by atoms with E-state index in [9.17, 15) is 4.79 Å². The summed E-state index contributed by atoms with van der Waals surface area (Å²) in [5, 5.41) is 8.64. The molecule has 0 aliphatic rings. The van der Waals surface area contributed by atoms with Crippen LogP contribution in [0.4, 0.5) is 0 Å². The minimum atomic E-state index is -0.971. The Morgan fingerprint density at radius 3 is 2.83 bits per heavy atom. The summed E-state index contributed by atoms with van der Waals surface area (Å²) in [5.74, 6) is -0.281. The Labute approximate surface area is 107 Å². The molecule has 1 rings (SSSR count). The van der Waals surface area contributed by atoms with E-state index in [1.807, 2.05) is 25.1 Å². The molecule has 98 valence electrons. The predicted octanol–water partition coefficient (Wildman–Crippen LogP) is 2.51. The van der Waals surface area contributed by atoms with E-state index in [0.29, 0.717) is 19.0 Å². The molecule has 1 N–H and O–H groups in total. The Bertz CT molecular complexity index is 424. The second kappa shape index (κ2) is 7.50.